The molecule has 0 aliphatic carbocycles. The van der Waals surface area contributed by atoms with Crippen molar-refractivity contribution in [1.82, 2.24) is 9.55 Å². The Balaban J connectivity index is 1.72. The Morgan fingerprint density at radius 2 is 1.76 bits per heavy atom. The van der Waals surface area contributed by atoms with Crippen LogP contribution < -0.4 is 4.74 Å². The second kappa shape index (κ2) is 6.89. The van der Waals surface area contributed by atoms with Crippen LogP contribution in [0.25, 0.3) is 11.0 Å². The van der Waals surface area contributed by atoms with E-state index < -0.39 is 6.10 Å². The van der Waals surface area contributed by atoms with E-state index in [0.29, 0.717) is 19.0 Å². The number of aromatic nitrogens is 2. The molecule has 2 aromatic carbocycles. The number of nitrogens with zero attached hydrogens (tertiary/aromatic N) is 2. The van der Waals surface area contributed by atoms with E-state index in [-0.39, 0.29) is 5.41 Å². The molecule has 0 aliphatic heterocycles. The van der Waals surface area contributed by atoms with Gasteiger partial charge in [-0.1, -0.05) is 45.0 Å². The number of rotatable bonds is 5. The molecule has 0 amide bonds. The molecule has 1 heterocycles. The molecule has 0 bridgehead atoms. The molecule has 0 fully saturated rings. The van der Waals surface area contributed by atoms with Crippen LogP contribution in [0.1, 0.15) is 45.2 Å². The maximum atomic E-state index is 10.0. The maximum Gasteiger partial charge on any atom is 0.138 e. The van der Waals surface area contributed by atoms with E-state index in [1.54, 1.807) is 6.92 Å². The predicted molar refractivity (Wildman–Crippen MR) is 101 cm³/mol. The van der Waals surface area contributed by atoms with Gasteiger partial charge in [0, 0.05) is 0 Å². The molecule has 132 valence electrons. The van der Waals surface area contributed by atoms with Crippen molar-refractivity contribution in [2.24, 2.45) is 0 Å². The molecule has 0 saturated carbocycles. The Morgan fingerprint density at radius 3 is 2.40 bits per heavy atom. The van der Waals surface area contributed by atoms with Crippen LogP contribution in [0, 0.1) is 0 Å². The first-order valence-corrected chi connectivity index (χ1v) is 8.73. The van der Waals surface area contributed by atoms with E-state index in [2.05, 4.69) is 37.9 Å². The van der Waals surface area contributed by atoms with Gasteiger partial charge in [-0.3, -0.25) is 0 Å². The zero-order chi connectivity index (χ0) is 18.0. The van der Waals surface area contributed by atoms with E-state index in [9.17, 15) is 5.11 Å². The molecule has 1 N–H and O–H groups in total. The number of aliphatic hydroxyl groups is 1. The third kappa shape index (κ3) is 3.85. The van der Waals surface area contributed by atoms with Crippen LogP contribution in [0.4, 0.5) is 0 Å². The molecule has 4 heteroatoms. The highest BCUT2D eigenvalue weighted by Gasteiger charge is 2.15. The molecular weight excluding hydrogens is 312 g/mol. The van der Waals surface area contributed by atoms with Gasteiger partial charge in [0.2, 0.25) is 0 Å². The number of hydrogen-bond donors (Lipinski definition) is 1. The normalized spacial score (nSPS) is 13.2. The topological polar surface area (TPSA) is 47.3 Å². The minimum Gasteiger partial charge on any atom is -0.492 e. The summed E-state index contributed by atoms with van der Waals surface area (Å²) in [6, 6.07) is 16.2. The minimum atomic E-state index is -0.613. The van der Waals surface area contributed by atoms with E-state index in [0.717, 1.165) is 16.8 Å². The Morgan fingerprint density at radius 1 is 1.08 bits per heavy atom. The van der Waals surface area contributed by atoms with Crippen molar-refractivity contribution >= 4 is 11.0 Å². The van der Waals surface area contributed by atoms with Crippen molar-refractivity contribution in [2.45, 2.75) is 45.8 Å². The molecule has 3 rings (SSSR count). The zero-order valence-corrected chi connectivity index (χ0v) is 15.4. The zero-order valence-electron chi connectivity index (χ0n) is 15.4. The lowest BCUT2D eigenvalue weighted by Crippen LogP contribution is -2.13. The first-order valence-electron chi connectivity index (χ1n) is 8.73. The van der Waals surface area contributed by atoms with E-state index >= 15 is 0 Å². The number of fused-ring (bicyclic) bond motifs is 1. The van der Waals surface area contributed by atoms with Crippen molar-refractivity contribution in [2.75, 3.05) is 6.61 Å². The highest BCUT2D eigenvalue weighted by Crippen LogP contribution is 2.25. The third-order valence-electron chi connectivity index (χ3n) is 4.36. The van der Waals surface area contributed by atoms with Gasteiger partial charge in [-0.15, -0.1) is 0 Å². The van der Waals surface area contributed by atoms with Crippen molar-refractivity contribution in [3.63, 3.8) is 0 Å². The molecule has 1 unspecified atom stereocenters. The average Bonchev–Trinajstić information content (AvgIpc) is 2.94. The van der Waals surface area contributed by atoms with Gasteiger partial charge in [-0.2, -0.15) is 0 Å². The van der Waals surface area contributed by atoms with Gasteiger partial charge in [-0.25, -0.2) is 4.98 Å². The van der Waals surface area contributed by atoms with Gasteiger partial charge in [-0.05, 0) is 42.2 Å². The summed E-state index contributed by atoms with van der Waals surface area (Å²) in [6.45, 7) is 9.50. The Hall–Kier alpha value is -2.33. The smallest absolute Gasteiger partial charge is 0.138 e. The fraction of sp³-hybridized carbons (Fsp3) is 0.381. The monoisotopic (exact) mass is 338 g/mol. The number of imidazole rings is 1. The molecule has 1 atom stereocenters. The molecule has 25 heavy (non-hydrogen) atoms. The van der Waals surface area contributed by atoms with Crippen LogP contribution in [-0.4, -0.2) is 21.3 Å². The average molecular weight is 338 g/mol. The van der Waals surface area contributed by atoms with Gasteiger partial charge < -0.3 is 14.4 Å². The van der Waals surface area contributed by atoms with Crippen LogP contribution in [0.15, 0.2) is 48.5 Å². The first-order chi connectivity index (χ1) is 11.9. The fourth-order valence-electron chi connectivity index (χ4n) is 2.95. The SMILES string of the molecule is CC(O)c1nc2ccccc2n1CCOc1ccc(C(C)(C)C)cc1. The molecule has 3 aromatic rings. The third-order valence-corrected chi connectivity index (χ3v) is 4.36. The van der Waals surface area contributed by atoms with Crippen LogP contribution in [0.3, 0.4) is 0 Å². The van der Waals surface area contributed by atoms with Crippen LogP contribution in [0.2, 0.25) is 0 Å². The second-order valence-electron chi connectivity index (χ2n) is 7.41. The van der Waals surface area contributed by atoms with Crippen molar-refractivity contribution in [1.29, 1.82) is 0 Å². The first kappa shape index (κ1) is 17.5. The minimum absolute atomic E-state index is 0.139. The lowest BCUT2D eigenvalue weighted by atomic mass is 9.87. The standard InChI is InChI=1S/C21H26N2O2/c1-15(24)20-22-18-7-5-6-8-19(18)23(20)13-14-25-17-11-9-16(10-12-17)21(2,3)4/h5-12,15,24H,13-14H2,1-4H3. The van der Waals surface area contributed by atoms with Crippen LogP contribution in [0.5, 0.6) is 5.75 Å². The summed E-state index contributed by atoms with van der Waals surface area (Å²) in [5, 5.41) is 10.0. The van der Waals surface area contributed by atoms with Gasteiger partial charge in [0.1, 0.15) is 24.3 Å². The molecule has 1 aromatic heterocycles. The summed E-state index contributed by atoms with van der Waals surface area (Å²) < 4.78 is 7.93. The van der Waals surface area contributed by atoms with Gasteiger partial charge in [0.05, 0.1) is 17.6 Å². The quantitative estimate of drug-likeness (QED) is 0.747. The summed E-state index contributed by atoms with van der Waals surface area (Å²) in [6.07, 6.45) is -0.613. The number of benzene rings is 2. The Labute approximate surface area is 149 Å². The summed E-state index contributed by atoms with van der Waals surface area (Å²) >= 11 is 0. The molecule has 0 spiro atoms. The highest BCUT2D eigenvalue weighted by atomic mass is 16.5. The largest absolute Gasteiger partial charge is 0.492 e. The lowest BCUT2D eigenvalue weighted by Gasteiger charge is -2.19. The summed E-state index contributed by atoms with van der Waals surface area (Å²) in [4.78, 5) is 4.53. The van der Waals surface area contributed by atoms with Gasteiger partial charge in [0.15, 0.2) is 0 Å². The second-order valence-corrected chi connectivity index (χ2v) is 7.41. The predicted octanol–water partition coefficient (Wildman–Crippen LogP) is 4.47. The summed E-state index contributed by atoms with van der Waals surface area (Å²) in [5.74, 6) is 1.53. The van der Waals surface area contributed by atoms with Crippen LogP contribution >= 0.6 is 0 Å². The Kier molecular flexibility index (Phi) is 4.82. The molecular formula is C21H26N2O2. The van der Waals surface area contributed by atoms with E-state index in [1.165, 1.54) is 5.56 Å². The van der Waals surface area contributed by atoms with E-state index in [4.69, 9.17) is 4.74 Å². The van der Waals surface area contributed by atoms with Gasteiger partial charge >= 0.3 is 0 Å². The summed E-state index contributed by atoms with van der Waals surface area (Å²) in [5.41, 5.74) is 3.34. The fourth-order valence-corrected chi connectivity index (χ4v) is 2.95. The lowest BCUT2D eigenvalue weighted by molar-refractivity contribution is 0.181. The number of aliphatic hydroxyl groups excluding tert-OH is 1. The number of hydrogen-bond acceptors (Lipinski definition) is 3. The molecule has 0 radical (unpaired) electrons. The van der Waals surface area contributed by atoms with Crippen LogP contribution in [-0.2, 0) is 12.0 Å². The van der Waals surface area contributed by atoms with Crippen molar-refractivity contribution in [3.05, 3.63) is 59.9 Å². The molecule has 4 nitrogen and oxygen atoms in total. The number of ether oxygens (including phenoxy) is 1. The highest BCUT2D eigenvalue weighted by molar-refractivity contribution is 5.76. The number of para-hydroxylation sites is 2. The molecule has 0 aliphatic rings. The Bertz CT molecular complexity index is 842. The van der Waals surface area contributed by atoms with Crippen molar-refractivity contribution < 1.29 is 9.84 Å². The summed E-state index contributed by atoms with van der Waals surface area (Å²) in [7, 11) is 0. The van der Waals surface area contributed by atoms with Gasteiger partial charge in [0.25, 0.3) is 0 Å². The maximum absolute atomic E-state index is 10.0. The molecule has 0 saturated heterocycles. The van der Waals surface area contributed by atoms with Crippen molar-refractivity contribution in [3.8, 4) is 5.75 Å². The van der Waals surface area contributed by atoms with E-state index in [1.807, 2.05) is 41.0 Å².